The van der Waals surface area contributed by atoms with E-state index in [1.54, 1.807) is 13.2 Å². The number of benzene rings is 1. The van der Waals surface area contributed by atoms with Gasteiger partial charge in [-0.3, -0.25) is 14.5 Å². The van der Waals surface area contributed by atoms with Gasteiger partial charge in [0.25, 0.3) is 0 Å². The zero-order valence-electron chi connectivity index (χ0n) is 17.5. The van der Waals surface area contributed by atoms with Crippen molar-refractivity contribution >= 4 is 5.91 Å². The number of amides is 1. The van der Waals surface area contributed by atoms with Crippen LogP contribution in [0.4, 0.5) is 4.39 Å². The van der Waals surface area contributed by atoms with E-state index in [-0.39, 0.29) is 11.7 Å². The molecular weight excluding hydrogens is 373 g/mol. The van der Waals surface area contributed by atoms with Gasteiger partial charge in [0, 0.05) is 51.8 Å². The predicted molar refractivity (Wildman–Crippen MR) is 110 cm³/mol. The minimum Gasteiger partial charge on any atom is -0.383 e. The van der Waals surface area contributed by atoms with Crippen molar-refractivity contribution < 1.29 is 18.8 Å². The fourth-order valence-corrected chi connectivity index (χ4v) is 4.08. The van der Waals surface area contributed by atoms with Gasteiger partial charge in [0.2, 0.25) is 5.91 Å². The summed E-state index contributed by atoms with van der Waals surface area (Å²) in [6.45, 7) is 6.81. The lowest BCUT2D eigenvalue weighted by Gasteiger charge is -2.35. The molecule has 1 amide bonds. The van der Waals surface area contributed by atoms with Crippen molar-refractivity contribution in [3.63, 3.8) is 0 Å². The molecule has 1 aromatic rings. The largest absolute Gasteiger partial charge is 0.383 e. The van der Waals surface area contributed by atoms with Crippen LogP contribution in [0.5, 0.6) is 0 Å². The normalized spacial score (nSPS) is 19.0. The fraction of sp³-hybridized carbons (Fsp3) is 0.682. The molecule has 0 N–H and O–H groups in total. The second-order valence-corrected chi connectivity index (χ2v) is 8.01. The van der Waals surface area contributed by atoms with Crippen molar-refractivity contribution in [2.24, 2.45) is 5.92 Å². The Morgan fingerprint density at radius 2 is 2.07 bits per heavy atom. The van der Waals surface area contributed by atoms with E-state index in [0.29, 0.717) is 38.6 Å². The molecule has 0 saturated carbocycles. The topological polar surface area (TPSA) is 45.2 Å². The summed E-state index contributed by atoms with van der Waals surface area (Å²) in [5.74, 6) is 0.523. The Labute approximate surface area is 173 Å². The van der Waals surface area contributed by atoms with Crippen molar-refractivity contribution in [1.82, 2.24) is 14.9 Å². The summed E-state index contributed by atoms with van der Waals surface area (Å²) >= 11 is 0. The lowest BCUT2D eigenvalue weighted by atomic mass is 9.95. The van der Waals surface area contributed by atoms with Gasteiger partial charge >= 0.3 is 0 Å². The van der Waals surface area contributed by atoms with E-state index in [4.69, 9.17) is 9.57 Å². The maximum Gasteiger partial charge on any atom is 0.224 e. The van der Waals surface area contributed by atoms with Crippen molar-refractivity contribution in [2.75, 3.05) is 59.6 Å². The third-order valence-corrected chi connectivity index (χ3v) is 5.86. The Hall–Kier alpha value is -1.54. The number of methoxy groups -OCH3 is 1. The van der Waals surface area contributed by atoms with E-state index >= 15 is 0 Å². The summed E-state index contributed by atoms with van der Waals surface area (Å²) in [5, 5.41) is 1.90. The highest BCUT2D eigenvalue weighted by molar-refractivity contribution is 5.76. The molecule has 29 heavy (non-hydrogen) atoms. The van der Waals surface area contributed by atoms with Crippen LogP contribution in [-0.2, 0) is 20.9 Å². The maximum atomic E-state index is 13.9. The Kier molecular flexibility index (Phi) is 8.86. The number of carbonyl (C=O) groups excluding carboxylic acids is 1. The molecule has 0 unspecified atom stereocenters. The molecule has 2 aliphatic rings. The van der Waals surface area contributed by atoms with Crippen LogP contribution in [0.25, 0.3) is 0 Å². The second-order valence-electron chi connectivity index (χ2n) is 8.01. The van der Waals surface area contributed by atoms with Gasteiger partial charge in [-0.1, -0.05) is 18.2 Å². The van der Waals surface area contributed by atoms with E-state index in [1.807, 2.05) is 22.1 Å². The molecule has 0 radical (unpaired) electrons. The summed E-state index contributed by atoms with van der Waals surface area (Å²) in [4.78, 5) is 22.5. The summed E-state index contributed by atoms with van der Waals surface area (Å²) in [6, 6.07) is 7.00. The molecule has 6 nitrogen and oxygen atoms in total. The molecule has 7 heteroatoms. The molecule has 162 valence electrons. The second kappa shape index (κ2) is 11.6. The highest BCUT2D eigenvalue weighted by atomic mass is 19.1. The zero-order chi connectivity index (χ0) is 20.5. The highest BCUT2D eigenvalue weighted by Crippen LogP contribution is 2.21. The number of nitrogens with zero attached hydrogens (tertiary/aromatic N) is 3. The molecule has 0 aliphatic carbocycles. The van der Waals surface area contributed by atoms with E-state index in [1.165, 1.54) is 6.07 Å². The van der Waals surface area contributed by atoms with Crippen LogP contribution in [0.2, 0.25) is 0 Å². The van der Waals surface area contributed by atoms with Gasteiger partial charge in [-0.25, -0.2) is 4.39 Å². The average molecular weight is 408 g/mol. The summed E-state index contributed by atoms with van der Waals surface area (Å²) in [6.07, 6.45) is 3.57. The standard InChI is InChI=1S/C22H34FN3O3/c1-28-16-14-25(22(27)9-13-26-10-4-15-29-26)17-19-7-11-24(12-8-19)18-20-5-2-3-6-21(20)23/h2-3,5-6,19H,4,7-18H2,1H3. The third-order valence-electron chi connectivity index (χ3n) is 5.86. The first-order valence-electron chi connectivity index (χ1n) is 10.8. The quantitative estimate of drug-likeness (QED) is 0.597. The first-order chi connectivity index (χ1) is 14.2. The smallest absolute Gasteiger partial charge is 0.224 e. The van der Waals surface area contributed by atoms with Gasteiger partial charge < -0.3 is 9.64 Å². The average Bonchev–Trinajstić information content (AvgIpc) is 3.26. The fourth-order valence-electron chi connectivity index (χ4n) is 4.08. The highest BCUT2D eigenvalue weighted by Gasteiger charge is 2.25. The molecule has 2 aliphatic heterocycles. The Bertz CT molecular complexity index is 631. The lowest BCUT2D eigenvalue weighted by Crippen LogP contribution is -2.42. The van der Waals surface area contributed by atoms with Gasteiger partial charge in [-0.2, -0.15) is 5.06 Å². The minimum absolute atomic E-state index is 0.132. The van der Waals surface area contributed by atoms with Gasteiger partial charge in [0.05, 0.1) is 13.2 Å². The Morgan fingerprint density at radius 3 is 2.76 bits per heavy atom. The zero-order valence-corrected chi connectivity index (χ0v) is 17.5. The summed E-state index contributed by atoms with van der Waals surface area (Å²) in [7, 11) is 1.67. The van der Waals surface area contributed by atoms with Gasteiger partial charge in [-0.05, 0) is 44.3 Å². The number of piperidine rings is 1. The number of halogens is 1. The molecular formula is C22H34FN3O3. The first kappa shape index (κ1) is 22.2. The molecule has 1 aromatic carbocycles. The number of ether oxygens (including phenoxy) is 1. The molecule has 0 aromatic heterocycles. The van der Waals surface area contributed by atoms with E-state index in [9.17, 15) is 9.18 Å². The monoisotopic (exact) mass is 407 g/mol. The van der Waals surface area contributed by atoms with Gasteiger partial charge in [-0.15, -0.1) is 0 Å². The van der Waals surface area contributed by atoms with Gasteiger partial charge in [0.1, 0.15) is 5.82 Å². The number of likely N-dealkylation sites (tertiary alicyclic amines) is 1. The Morgan fingerprint density at radius 1 is 1.28 bits per heavy atom. The van der Waals surface area contributed by atoms with Crippen LogP contribution in [-0.4, -0.2) is 80.4 Å². The van der Waals surface area contributed by atoms with Crippen LogP contribution in [0.1, 0.15) is 31.2 Å². The SMILES string of the molecule is COCCN(CC1CCN(Cc2ccccc2F)CC1)C(=O)CCN1CCCO1. The molecule has 2 saturated heterocycles. The van der Waals surface area contributed by atoms with Crippen LogP contribution in [0, 0.1) is 11.7 Å². The van der Waals surface area contributed by atoms with Crippen molar-refractivity contribution in [3.05, 3.63) is 35.6 Å². The van der Waals surface area contributed by atoms with Crippen LogP contribution >= 0.6 is 0 Å². The predicted octanol–water partition coefficient (Wildman–Crippen LogP) is 2.54. The number of hydrogen-bond acceptors (Lipinski definition) is 5. The molecule has 3 rings (SSSR count). The molecule has 0 bridgehead atoms. The summed E-state index contributed by atoms with van der Waals surface area (Å²) in [5.41, 5.74) is 0.756. The molecule has 2 fully saturated rings. The first-order valence-corrected chi connectivity index (χ1v) is 10.8. The molecule has 0 spiro atoms. The third kappa shape index (κ3) is 7.03. The van der Waals surface area contributed by atoms with E-state index < -0.39 is 0 Å². The number of rotatable bonds is 10. The number of hydroxylamine groups is 2. The molecule has 2 heterocycles. The van der Waals surface area contributed by atoms with Crippen LogP contribution < -0.4 is 0 Å². The Balaban J connectivity index is 1.44. The lowest BCUT2D eigenvalue weighted by molar-refractivity contribution is -0.140. The van der Waals surface area contributed by atoms with Gasteiger partial charge in [0.15, 0.2) is 0 Å². The summed E-state index contributed by atoms with van der Waals surface area (Å²) < 4.78 is 19.1. The minimum atomic E-state index is -0.132. The van der Waals surface area contributed by atoms with E-state index in [2.05, 4.69) is 4.90 Å². The van der Waals surface area contributed by atoms with Crippen LogP contribution in [0.15, 0.2) is 24.3 Å². The van der Waals surface area contributed by atoms with Crippen molar-refractivity contribution in [3.8, 4) is 0 Å². The van der Waals surface area contributed by atoms with Crippen molar-refractivity contribution in [1.29, 1.82) is 0 Å². The van der Waals surface area contributed by atoms with Crippen LogP contribution in [0.3, 0.4) is 0 Å². The number of carbonyl (C=O) groups is 1. The molecule has 0 atom stereocenters. The van der Waals surface area contributed by atoms with Crippen molar-refractivity contribution in [2.45, 2.75) is 32.2 Å². The van der Waals surface area contributed by atoms with E-state index in [0.717, 1.165) is 57.6 Å². The number of hydrogen-bond donors (Lipinski definition) is 0. The maximum absolute atomic E-state index is 13.9.